The molecule has 5 heteroatoms. The first-order valence-electron chi connectivity index (χ1n) is 5.64. The van der Waals surface area contributed by atoms with Gasteiger partial charge in [-0.25, -0.2) is 4.79 Å². The average molecular weight is 247 g/mol. The third-order valence-electron chi connectivity index (χ3n) is 2.60. The topological polar surface area (TPSA) is 68.6 Å². The average Bonchev–Trinajstić information content (AvgIpc) is 2.62. The molecule has 1 aromatic rings. The largest absolute Gasteiger partial charge is 0.490 e. The molecule has 5 nitrogen and oxygen atoms in total. The van der Waals surface area contributed by atoms with E-state index < -0.39 is 5.97 Å². The van der Waals surface area contributed by atoms with E-state index in [0.717, 1.165) is 6.42 Å². The van der Waals surface area contributed by atoms with E-state index in [1.165, 1.54) is 7.11 Å². The molecule has 0 aromatic heterocycles. The summed E-state index contributed by atoms with van der Waals surface area (Å²) in [6.07, 6.45) is 0.962. The van der Waals surface area contributed by atoms with Gasteiger partial charge in [-0.3, -0.25) is 0 Å². The number of carbonyl (C=O) groups excluding carboxylic acids is 1. The zero-order valence-corrected chi connectivity index (χ0v) is 10.1. The summed E-state index contributed by atoms with van der Waals surface area (Å²) < 4.78 is 15.8. The second-order valence-electron chi connectivity index (χ2n) is 3.85. The molecule has 0 atom stereocenters. The first-order valence-corrected chi connectivity index (χ1v) is 5.64. The van der Waals surface area contributed by atoms with Crippen LogP contribution in [0.15, 0.2) is 12.1 Å². The second kappa shape index (κ2) is 5.41. The Morgan fingerprint density at radius 3 is 2.94 bits per heavy atom. The Kier molecular flexibility index (Phi) is 3.68. The fraction of sp³-hybridized carbons (Fsp3) is 0.385. The van der Waals surface area contributed by atoms with Crippen LogP contribution in [0, 0.1) is 11.3 Å². The monoisotopic (exact) mass is 247 g/mol. The number of carbonyl (C=O) groups is 1. The van der Waals surface area contributed by atoms with Gasteiger partial charge >= 0.3 is 5.97 Å². The number of hydrogen-bond acceptors (Lipinski definition) is 5. The summed E-state index contributed by atoms with van der Waals surface area (Å²) in [7, 11) is 1.31. The van der Waals surface area contributed by atoms with E-state index in [-0.39, 0.29) is 6.42 Å². The standard InChI is InChI=1S/C13H13NO4/c1-16-13(15)10-7-9(3-4-14)8-11-12(10)18-6-2-5-17-11/h7-8H,2-3,5-6H2,1H3. The molecule has 0 saturated carbocycles. The molecule has 94 valence electrons. The lowest BCUT2D eigenvalue weighted by Gasteiger charge is -2.12. The van der Waals surface area contributed by atoms with Gasteiger partial charge in [0.15, 0.2) is 11.5 Å². The SMILES string of the molecule is COC(=O)c1cc(CC#N)cc2c1OCCCO2. The number of methoxy groups -OCH3 is 1. The summed E-state index contributed by atoms with van der Waals surface area (Å²) >= 11 is 0. The van der Waals surface area contributed by atoms with E-state index in [1.54, 1.807) is 12.1 Å². The molecule has 1 aromatic carbocycles. The maximum atomic E-state index is 11.7. The van der Waals surface area contributed by atoms with E-state index in [9.17, 15) is 4.79 Å². The fourth-order valence-electron chi connectivity index (χ4n) is 1.79. The minimum atomic E-state index is -0.489. The zero-order valence-electron chi connectivity index (χ0n) is 10.1. The van der Waals surface area contributed by atoms with Crippen molar-refractivity contribution in [2.75, 3.05) is 20.3 Å². The predicted octanol–water partition coefficient (Wildman–Crippen LogP) is 1.70. The maximum absolute atomic E-state index is 11.7. The molecule has 0 N–H and O–H groups in total. The van der Waals surface area contributed by atoms with Crippen molar-refractivity contribution in [2.45, 2.75) is 12.8 Å². The predicted molar refractivity (Wildman–Crippen MR) is 62.7 cm³/mol. The number of ether oxygens (including phenoxy) is 3. The minimum Gasteiger partial charge on any atom is -0.490 e. The van der Waals surface area contributed by atoms with Crippen LogP contribution in [0.2, 0.25) is 0 Å². The number of fused-ring (bicyclic) bond motifs is 1. The molecule has 1 heterocycles. The molecule has 1 aliphatic heterocycles. The first kappa shape index (κ1) is 12.2. The van der Waals surface area contributed by atoms with Crippen LogP contribution < -0.4 is 9.47 Å². The van der Waals surface area contributed by atoms with Gasteiger partial charge in [-0.05, 0) is 17.7 Å². The van der Waals surface area contributed by atoms with E-state index in [0.29, 0.717) is 35.8 Å². The van der Waals surface area contributed by atoms with Crippen LogP contribution in [0.1, 0.15) is 22.3 Å². The number of nitrogens with zero attached hydrogens (tertiary/aromatic N) is 1. The van der Waals surface area contributed by atoms with Crippen LogP contribution in [0.25, 0.3) is 0 Å². The molecule has 1 aliphatic rings. The van der Waals surface area contributed by atoms with Gasteiger partial charge < -0.3 is 14.2 Å². The van der Waals surface area contributed by atoms with Gasteiger partial charge in [-0.15, -0.1) is 0 Å². The van der Waals surface area contributed by atoms with Gasteiger partial charge in [-0.2, -0.15) is 5.26 Å². The van der Waals surface area contributed by atoms with E-state index >= 15 is 0 Å². The summed E-state index contributed by atoms with van der Waals surface area (Å²) in [6.45, 7) is 1.03. The van der Waals surface area contributed by atoms with Crippen LogP contribution in [0.5, 0.6) is 11.5 Å². The zero-order chi connectivity index (χ0) is 13.0. The highest BCUT2D eigenvalue weighted by molar-refractivity contribution is 5.93. The van der Waals surface area contributed by atoms with Crippen molar-refractivity contribution in [1.29, 1.82) is 5.26 Å². The van der Waals surface area contributed by atoms with Crippen molar-refractivity contribution in [3.8, 4) is 17.6 Å². The molecule has 18 heavy (non-hydrogen) atoms. The van der Waals surface area contributed by atoms with Crippen LogP contribution in [0.4, 0.5) is 0 Å². The van der Waals surface area contributed by atoms with Crippen LogP contribution >= 0.6 is 0 Å². The molecule has 0 bridgehead atoms. The van der Waals surface area contributed by atoms with Crippen molar-refractivity contribution in [2.24, 2.45) is 0 Å². The van der Waals surface area contributed by atoms with Gasteiger partial charge in [0, 0.05) is 6.42 Å². The maximum Gasteiger partial charge on any atom is 0.341 e. The van der Waals surface area contributed by atoms with Gasteiger partial charge in [0.1, 0.15) is 5.56 Å². The quantitative estimate of drug-likeness (QED) is 0.744. The summed E-state index contributed by atoms with van der Waals surface area (Å²) in [4.78, 5) is 11.7. The molecular formula is C13H13NO4. The van der Waals surface area contributed by atoms with E-state index in [1.807, 2.05) is 6.07 Å². The lowest BCUT2D eigenvalue weighted by atomic mass is 10.1. The Balaban J connectivity index is 2.51. The number of hydrogen-bond donors (Lipinski definition) is 0. The van der Waals surface area contributed by atoms with Crippen molar-refractivity contribution < 1.29 is 19.0 Å². The molecule has 0 saturated heterocycles. The summed E-state index contributed by atoms with van der Waals surface area (Å²) in [6, 6.07) is 5.39. The smallest absolute Gasteiger partial charge is 0.341 e. The Labute approximate surface area is 105 Å². The van der Waals surface area contributed by atoms with Crippen molar-refractivity contribution in [3.05, 3.63) is 23.3 Å². The molecule has 0 amide bonds. The molecule has 0 radical (unpaired) electrons. The highest BCUT2D eigenvalue weighted by Crippen LogP contribution is 2.35. The highest BCUT2D eigenvalue weighted by atomic mass is 16.5. The van der Waals surface area contributed by atoms with Crippen LogP contribution in [0.3, 0.4) is 0 Å². The van der Waals surface area contributed by atoms with Crippen molar-refractivity contribution >= 4 is 5.97 Å². The molecule has 0 aliphatic carbocycles. The van der Waals surface area contributed by atoms with Gasteiger partial charge in [0.2, 0.25) is 0 Å². The molecule has 0 unspecified atom stereocenters. The van der Waals surface area contributed by atoms with Gasteiger partial charge in [-0.1, -0.05) is 0 Å². The Bertz CT molecular complexity index is 504. The summed E-state index contributed by atoms with van der Waals surface area (Å²) in [5.41, 5.74) is 1.02. The number of esters is 1. The Morgan fingerprint density at radius 1 is 1.44 bits per heavy atom. The third-order valence-corrected chi connectivity index (χ3v) is 2.60. The summed E-state index contributed by atoms with van der Waals surface area (Å²) in [5.74, 6) is 0.415. The van der Waals surface area contributed by atoms with Crippen molar-refractivity contribution in [1.82, 2.24) is 0 Å². The van der Waals surface area contributed by atoms with E-state index in [4.69, 9.17) is 19.5 Å². The molecule has 2 rings (SSSR count). The number of nitriles is 1. The highest BCUT2D eigenvalue weighted by Gasteiger charge is 2.21. The van der Waals surface area contributed by atoms with E-state index in [2.05, 4.69) is 0 Å². The lowest BCUT2D eigenvalue weighted by Crippen LogP contribution is -2.07. The molecule has 0 spiro atoms. The van der Waals surface area contributed by atoms with Crippen molar-refractivity contribution in [3.63, 3.8) is 0 Å². The van der Waals surface area contributed by atoms with Gasteiger partial charge in [0.05, 0.1) is 32.8 Å². The normalized spacial score (nSPS) is 13.3. The minimum absolute atomic E-state index is 0.209. The Hall–Kier alpha value is -2.22. The number of rotatable bonds is 2. The number of benzene rings is 1. The lowest BCUT2D eigenvalue weighted by molar-refractivity contribution is 0.0596. The Morgan fingerprint density at radius 2 is 2.22 bits per heavy atom. The first-order chi connectivity index (χ1) is 8.76. The molecule has 0 fully saturated rings. The van der Waals surface area contributed by atoms with Crippen LogP contribution in [-0.2, 0) is 11.2 Å². The molecular weight excluding hydrogens is 234 g/mol. The van der Waals surface area contributed by atoms with Gasteiger partial charge in [0.25, 0.3) is 0 Å². The third kappa shape index (κ3) is 2.38. The summed E-state index contributed by atoms with van der Waals surface area (Å²) in [5, 5.41) is 8.73. The van der Waals surface area contributed by atoms with Crippen LogP contribution in [-0.4, -0.2) is 26.3 Å². The second-order valence-corrected chi connectivity index (χ2v) is 3.85. The fourth-order valence-corrected chi connectivity index (χ4v) is 1.79.